The zero-order chi connectivity index (χ0) is 11.9. The van der Waals surface area contributed by atoms with Crippen molar-refractivity contribution < 1.29 is 17.6 Å². The van der Waals surface area contributed by atoms with Crippen molar-refractivity contribution in [1.82, 2.24) is 0 Å². The maximum atomic E-state index is 12.5. The number of fused-ring (bicyclic) bond motifs is 1. The van der Waals surface area contributed by atoms with E-state index in [-0.39, 0.29) is 5.92 Å². The van der Waals surface area contributed by atoms with Gasteiger partial charge >= 0.3 is 6.18 Å². The Hall–Kier alpha value is -1.45. The molecule has 0 spiro atoms. The molecule has 0 bridgehead atoms. The van der Waals surface area contributed by atoms with Crippen molar-refractivity contribution >= 4 is 11.0 Å². The third-order valence-corrected chi connectivity index (χ3v) is 2.55. The molecule has 1 aromatic heterocycles. The van der Waals surface area contributed by atoms with Gasteiger partial charge in [0.05, 0.1) is 11.8 Å². The predicted molar refractivity (Wildman–Crippen MR) is 55.3 cm³/mol. The second-order valence-electron chi connectivity index (χ2n) is 4.05. The van der Waals surface area contributed by atoms with Crippen molar-refractivity contribution in [3.63, 3.8) is 0 Å². The van der Waals surface area contributed by atoms with Gasteiger partial charge < -0.3 is 4.42 Å². The van der Waals surface area contributed by atoms with Gasteiger partial charge in [0.15, 0.2) is 0 Å². The molecule has 1 nitrogen and oxygen atoms in total. The second kappa shape index (κ2) is 3.54. The van der Waals surface area contributed by atoms with Gasteiger partial charge in [0.25, 0.3) is 0 Å². The molecular weight excluding hydrogens is 217 g/mol. The summed E-state index contributed by atoms with van der Waals surface area (Å²) < 4.78 is 42.8. The monoisotopic (exact) mass is 228 g/mol. The van der Waals surface area contributed by atoms with Gasteiger partial charge in [0, 0.05) is 10.9 Å². The fraction of sp³-hybridized carbons (Fsp3) is 0.333. The molecule has 0 saturated carbocycles. The summed E-state index contributed by atoms with van der Waals surface area (Å²) in [5.74, 6) is 0.143. The van der Waals surface area contributed by atoms with Gasteiger partial charge in [-0.05, 0) is 24.1 Å². The molecule has 0 amide bonds. The number of hydrogen-bond acceptors (Lipinski definition) is 1. The van der Waals surface area contributed by atoms with Crippen molar-refractivity contribution in [1.29, 1.82) is 0 Å². The van der Waals surface area contributed by atoms with Crippen molar-refractivity contribution in [2.24, 2.45) is 0 Å². The molecule has 1 heterocycles. The average molecular weight is 228 g/mol. The van der Waals surface area contributed by atoms with Crippen LogP contribution in [0.25, 0.3) is 11.0 Å². The Bertz CT molecular complexity index is 508. The summed E-state index contributed by atoms with van der Waals surface area (Å²) in [6.07, 6.45) is -2.78. The lowest BCUT2D eigenvalue weighted by atomic mass is 10.0. The minimum atomic E-state index is -4.31. The number of halogens is 3. The van der Waals surface area contributed by atoms with E-state index in [4.69, 9.17) is 4.42 Å². The smallest absolute Gasteiger partial charge is 0.416 e. The Kier molecular flexibility index (Phi) is 2.45. The molecule has 0 aliphatic rings. The van der Waals surface area contributed by atoms with Crippen molar-refractivity contribution in [2.45, 2.75) is 25.9 Å². The molecule has 0 unspecified atom stereocenters. The molecule has 0 aliphatic heterocycles. The van der Waals surface area contributed by atoms with Crippen LogP contribution in [0.4, 0.5) is 13.2 Å². The first-order valence-corrected chi connectivity index (χ1v) is 4.98. The van der Waals surface area contributed by atoms with E-state index in [1.165, 1.54) is 12.3 Å². The number of hydrogen-bond donors (Lipinski definition) is 0. The lowest BCUT2D eigenvalue weighted by molar-refractivity contribution is -0.137. The number of furan rings is 1. The van der Waals surface area contributed by atoms with E-state index in [1.54, 1.807) is 0 Å². The van der Waals surface area contributed by atoms with Gasteiger partial charge in [-0.1, -0.05) is 13.8 Å². The van der Waals surface area contributed by atoms with Crippen molar-refractivity contribution in [3.05, 3.63) is 35.6 Å². The highest BCUT2D eigenvalue weighted by atomic mass is 19.4. The fourth-order valence-corrected chi connectivity index (χ4v) is 1.67. The summed E-state index contributed by atoms with van der Waals surface area (Å²) in [5.41, 5.74) is 0.668. The van der Waals surface area contributed by atoms with Gasteiger partial charge in [-0.3, -0.25) is 0 Å². The number of benzene rings is 1. The first-order chi connectivity index (χ1) is 7.39. The Labute approximate surface area is 90.9 Å². The van der Waals surface area contributed by atoms with E-state index in [2.05, 4.69) is 0 Å². The highest BCUT2D eigenvalue weighted by Gasteiger charge is 2.31. The maximum absolute atomic E-state index is 12.5. The fourth-order valence-electron chi connectivity index (χ4n) is 1.67. The third kappa shape index (κ3) is 1.79. The average Bonchev–Trinajstić information content (AvgIpc) is 2.58. The standard InChI is InChI=1S/C12H11F3O/c1-7(2)10-6-16-11-4-3-8(5-9(10)11)12(13,14)15/h3-7H,1-2H3. The Morgan fingerprint density at radius 2 is 1.88 bits per heavy atom. The SMILES string of the molecule is CC(C)c1coc2ccc(C(F)(F)F)cc12. The summed E-state index contributed by atoms with van der Waals surface area (Å²) in [5, 5.41) is 0.546. The van der Waals surface area contributed by atoms with E-state index < -0.39 is 11.7 Å². The molecule has 0 radical (unpaired) electrons. The molecule has 86 valence electrons. The van der Waals surface area contributed by atoms with Crippen LogP contribution in [0.2, 0.25) is 0 Å². The first-order valence-electron chi connectivity index (χ1n) is 4.98. The van der Waals surface area contributed by atoms with Crippen LogP contribution in [0.5, 0.6) is 0 Å². The normalized spacial score (nSPS) is 12.6. The van der Waals surface area contributed by atoms with Gasteiger partial charge in [0.1, 0.15) is 5.58 Å². The molecule has 0 saturated heterocycles. The Balaban J connectivity index is 2.63. The molecule has 0 aliphatic carbocycles. The topological polar surface area (TPSA) is 13.1 Å². The lowest BCUT2D eigenvalue weighted by Gasteiger charge is -2.07. The largest absolute Gasteiger partial charge is 0.464 e. The van der Waals surface area contributed by atoms with E-state index >= 15 is 0 Å². The number of alkyl halides is 3. The quantitative estimate of drug-likeness (QED) is 0.696. The molecule has 4 heteroatoms. The van der Waals surface area contributed by atoms with Crippen LogP contribution < -0.4 is 0 Å². The summed E-state index contributed by atoms with van der Waals surface area (Å²) in [4.78, 5) is 0. The van der Waals surface area contributed by atoms with Gasteiger partial charge in [-0.15, -0.1) is 0 Å². The van der Waals surface area contributed by atoms with Crippen LogP contribution in [0.1, 0.15) is 30.9 Å². The molecule has 0 N–H and O–H groups in total. The van der Waals surface area contributed by atoms with Crippen LogP contribution in [-0.4, -0.2) is 0 Å². The Morgan fingerprint density at radius 3 is 2.44 bits per heavy atom. The predicted octanol–water partition coefficient (Wildman–Crippen LogP) is 4.58. The zero-order valence-corrected chi connectivity index (χ0v) is 8.93. The van der Waals surface area contributed by atoms with Crippen molar-refractivity contribution in [3.8, 4) is 0 Å². The molecule has 2 rings (SSSR count). The van der Waals surface area contributed by atoms with E-state index in [0.717, 1.165) is 17.7 Å². The molecule has 2 aromatic rings. The first kappa shape index (κ1) is 11.0. The van der Waals surface area contributed by atoms with E-state index in [0.29, 0.717) is 11.0 Å². The van der Waals surface area contributed by atoms with E-state index in [1.807, 2.05) is 13.8 Å². The van der Waals surface area contributed by atoms with Crippen LogP contribution >= 0.6 is 0 Å². The van der Waals surface area contributed by atoms with Gasteiger partial charge in [0.2, 0.25) is 0 Å². The lowest BCUT2D eigenvalue weighted by Crippen LogP contribution is -2.04. The Morgan fingerprint density at radius 1 is 1.19 bits per heavy atom. The van der Waals surface area contributed by atoms with Crippen LogP contribution in [-0.2, 0) is 6.18 Å². The maximum Gasteiger partial charge on any atom is 0.416 e. The minimum Gasteiger partial charge on any atom is -0.464 e. The molecule has 1 aromatic carbocycles. The molecular formula is C12H11F3O. The van der Waals surface area contributed by atoms with Gasteiger partial charge in [-0.25, -0.2) is 0 Å². The minimum absolute atomic E-state index is 0.143. The van der Waals surface area contributed by atoms with Crippen LogP contribution in [0.15, 0.2) is 28.9 Å². The highest BCUT2D eigenvalue weighted by molar-refractivity contribution is 5.82. The van der Waals surface area contributed by atoms with Crippen LogP contribution in [0, 0.1) is 0 Å². The molecule has 0 fully saturated rings. The third-order valence-electron chi connectivity index (χ3n) is 2.55. The highest BCUT2D eigenvalue weighted by Crippen LogP contribution is 2.34. The molecule has 0 atom stereocenters. The summed E-state index contributed by atoms with van der Waals surface area (Å²) in [7, 11) is 0. The summed E-state index contributed by atoms with van der Waals surface area (Å²) in [6.45, 7) is 3.84. The van der Waals surface area contributed by atoms with Crippen molar-refractivity contribution in [2.75, 3.05) is 0 Å². The van der Waals surface area contributed by atoms with Crippen LogP contribution in [0.3, 0.4) is 0 Å². The second-order valence-corrected chi connectivity index (χ2v) is 4.05. The molecule has 16 heavy (non-hydrogen) atoms. The summed E-state index contributed by atoms with van der Waals surface area (Å²) >= 11 is 0. The van der Waals surface area contributed by atoms with Gasteiger partial charge in [-0.2, -0.15) is 13.2 Å². The number of rotatable bonds is 1. The van der Waals surface area contributed by atoms with E-state index in [9.17, 15) is 13.2 Å². The summed E-state index contributed by atoms with van der Waals surface area (Å²) in [6, 6.07) is 3.55. The zero-order valence-electron chi connectivity index (χ0n) is 8.93.